The van der Waals surface area contributed by atoms with E-state index in [4.69, 9.17) is 0 Å². The molecule has 1 fully saturated rings. The fraction of sp³-hybridized carbons (Fsp3) is 0.412. The molecule has 1 heterocycles. The van der Waals surface area contributed by atoms with Gasteiger partial charge >= 0.3 is 0 Å². The Morgan fingerprint density at radius 2 is 2.05 bits per heavy atom. The average Bonchev–Trinajstić information content (AvgIpc) is 3.26. The molecule has 3 rings (SSSR count). The van der Waals surface area contributed by atoms with Crippen LogP contribution in [-0.4, -0.2) is 36.1 Å². The Labute approximate surface area is 131 Å². The standard InChI is InChI=1S/C17H22N4O/c1-20(2)15-7-5-14(6-8-15)17(22)19-10-12-21-11-9-18-16(21)13-3-4-13/h5-9,11,13H,3-4,10,12H2,1-2H3,(H,19,22). The molecule has 22 heavy (non-hydrogen) atoms. The van der Waals surface area contributed by atoms with Gasteiger partial charge in [0, 0.05) is 56.7 Å². The van der Waals surface area contributed by atoms with E-state index in [0.29, 0.717) is 18.0 Å². The fourth-order valence-electron chi connectivity index (χ4n) is 2.51. The summed E-state index contributed by atoms with van der Waals surface area (Å²) in [6, 6.07) is 7.63. The minimum absolute atomic E-state index is 0.0293. The van der Waals surface area contributed by atoms with E-state index in [2.05, 4.69) is 14.9 Å². The van der Waals surface area contributed by atoms with Crippen molar-refractivity contribution in [3.8, 4) is 0 Å². The van der Waals surface area contributed by atoms with Crippen LogP contribution in [0.1, 0.15) is 34.9 Å². The van der Waals surface area contributed by atoms with E-state index in [1.54, 1.807) is 0 Å². The topological polar surface area (TPSA) is 50.2 Å². The first-order chi connectivity index (χ1) is 10.6. The summed E-state index contributed by atoms with van der Waals surface area (Å²) in [6.07, 6.45) is 6.31. The van der Waals surface area contributed by atoms with Crippen LogP contribution in [0.4, 0.5) is 5.69 Å². The molecule has 0 saturated heterocycles. The zero-order valence-electron chi connectivity index (χ0n) is 13.1. The smallest absolute Gasteiger partial charge is 0.251 e. The molecule has 1 aromatic heterocycles. The summed E-state index contributed by atoms with van der Waals surface area (Å²) >= 11 is 0. The Balaban J connectivity index is 1.52. The molecule has 2 aromatic rings. The lowest BCUT2D eigenvalue weighted by Crippen LogP contribution is -2.27. The third kappa shape index (κ3) is 3.30. The molecular formula is C17H22N4O. The Morgan fingerprint density at radius 1 is 1.32 bits per heavy atom. The summed E-state index contributed by atoms with van der Waals surface area (Å²) in [5.41, 5.74) is 1.78. The zero-order chi connectivity index (χ0) is 15.5. The number of hydrogen-bond donors (Lipinski definition) is 1. The molecule has 116 valence electrons. The fourth-order valence-corrected chi connectivity index (χ4v) is 2.51. The summed E-state index contributed by atoms with van der Waals surface area (Å²) in [5.74, 6) is 1.76. The lowest BCUT2D eigenvalue weighted by Gasteiger charge is -2.13. The van der Waals surface area contributed by atoms with E-state index < -0.39 is 0 Å². The highest BCUT2D eigenvalue weighted by Gasteiger charge is 2.27. The number of rotatable bonds is 6. The van der Waals surface area contributed by atoms with Gasteiger partial charge in [0.15, 0.2) is 0 Å². The van der Waals surface area contributed by atoms with E-state index in [0.717, 1.165) is 18.1 Å². The predicted molar refractivity (Wildman–Crippen MR) is 87.3 cm³/mol. The van der Waals surface area contributed by atoms with Gasteiger partial charge in [-0.3, -0.25) is 4.79 Å². The molecule has 1 aliphatic rings. The number of carbonyl (C=O) groups is 1. The largest absolute Gasteiger partial charge is 0.378 e. The van der Waals surface area contributed by atoms with Crippen molar-refractivity contribution < 1.29 is 4.79 Å². The Kier molecular flexibility index (Phi) is 4.13. The van der Waals surface area contributed by atoms with Crippen molar-refractivity contribution in [1.29, 1.82) is 0 Å². The van der Waals surface area contributed by atoms with Crippen LogP contribution in [0.15, 0.2) is 36.7 Å². The van der Waals surface area contributed by atoms with Crippen LogP contribution in [0.25, 0.3) is 0 Å². The van der Waals surface area contributed by atoms with Gasteiger partial charge in [0.25, 0.3) is 5.91 Å². The van der Waals surface area contributed by atoms with E-state index in [1.807, 2.05) is 55.7 Å². The average molecular weight is 298 g/mol. The monoisotopic (exact) mass is 298 g/mol. The number of carbonyl (C=O) groups excluding carboxylic acids is 1. The number of aromatic nitrogens is 2. The van der Waals surface area contributed by atoms with Gasteiger partial charge in [-0.05, 0) is 37.1 Å². The molecule has 1 saturated carbocycles. The van der Waals surface area contributed by atoms with E-state index in [1.165, 1.54) is 12.8 Å². The van der Waals surface area contributed by atoms with Crippen LogP contribution in [0.5, 0.6) is 0 Å². The first-order valence-electron chi connectivity index (χ1n) is 7.72. The number of imidazole rings is 1. The van der Waals surface area contributed by atoms with E-state index in [9.17, 15) is 4.79 Å². The van der Waals surface area contributed by atoms with Gasteiger partial charge in [-0.15, -0.1) is 0 Å². The second kappa shape index (κ2) is 6.22. The van der Waals surface area contributed by atoms with Crippen molar-refractivity contribution in [2.75, 3.05) is 25.5 Å². The third-order valence-electron chi connectivity index (χ3n) is 3.97. The highest BCUT2D eigenvalue weighted by molar-refractivity contribution is 5.94. The van der Waals surface area contributed by atoms with Crippen molar-refractivity contribution in [2.45, 2.75) is 25.3 Å². The second-order valence-electron chi connectivity index (χ2n) is 5.95. The summed E-state index contributed by atoms with van der Waals surface area (Å²) in [4.78, 5) is 18.6. The summed E-state index contributed by atoms with van der Waals surface area (Å²) in [7, 11) is 3.97. The first kappa shape index (κ1) is 14.6. The maximum atomic E-state index is 12.1. The Hall–Kier alpha value is -2.30. The van der Waals surface area contributed by atoms with E-state index >= 15 is 0 Å². The second-order valence-corrected chi connectivity index (χ2v) is 5.95. The van der Waals surface area contributed by atoms with Crippen LogP contribution >= 0.6 is 0 Å². The summed E-state index contributed by atoms with van der Waals surface area (Å²) in [6.45, 7) is 1.39. The molecule has 0 radical (unpaired) electrons. The molecule has 0 aliphatic heterocycles. The molecule has 0 atom stereocenters. The number of nitrogens with zero attached hydrogens (tertiary/aromatic N) is 3. The van der Waals surface area contributed by atoms with E-state index in [-0.39, 0.29) is 5.91 Å². The van der Waals surface area contributed by atoms with Crippen molar-refractivity contribution in [3.05, 3.63) is 48.0 Å². The normalized spacial score (nSPS) is 13.9. The van der Waals surface area contributed by atoms with Crippen molar-refractivity contribution in [3.63, 3.8) is 0 Å². The minimum atomic E-state index is -0.0293. The molecule has 0 bridgehead atoms. The Bertz CT molecular complexity index is 641. The lowest BCUT2D eigenvalue weighted by molar-refractivity contribution is 0.0952. The van der Waals surface area contributed by atoms with Crippen LogP contribution in [0.2, 0.25) is 0 Å². The molecule has 0 spiro atoms. The van der Waals surface area contributed by atoms with Crippen molar-refractivity contribution in [2.24, 2.45) is 0 Å². The van der Waals surface area contributed by atoms with Crippen LogP contribution in [-0.2, 0) is 6.54 Å². The molecular weight excluding hydrogens is 276 g/mol. The molecule has 1 aromatic carbocycles. The molecule has 0 unspecified atom stereocenters. The van der Waals surface area contributed by atoms with Gasteiger partial charge in [0.2, 0.25) is 0 Å². The molecule has 5 heteroatoms. The highest BCUT2D eigenvalue weighted by atomic mass is 16.1. The number of nitrogens with one attached hydrogen (secondary N) is 1. The number of hydrogen-bond acceptors (Lipinski definition) is 3. The van der Waals surface area contributed by atoms with Crippen molar-refractivity contribution in [1.82, 2.24) is 14.9 Å². The zero-order valence-corrected chi connectivity index (χ0v) is 13.1. The van der Waals surface area contributed by atoms with Gasteiger partial charge in [-0.25, -0.2) is 4.98 Å². The SMILES string of the molecule is CN(C)c1ccc(C(=O)NCCn2ccnc2C2CC2)cc1. The Morgan fingerprint density at radius 3 is 2.68 bits per heavy atom. The maximum Gasteiger partial charge on any atom is 0.251 e. The van der Waals surface area contributed by atoms with Gasteiger partial charge in [0.05, 0.1) is 0 Å². The highest BCUT2D eigenvalue weighted by Crippen LogP contribution is 2.38. The van der Waals surface area contributed by atoms with Gasteiger partial charge in [-0.2, -0.15) is 0 Å². The molecule has 1 aliphatic carbocycles. The van der Waals surface area contributed by atoms with Gasteiger partial charge < -0.3 is 14.8 Å². The number of benzene rings is 1. The van der Waals surface area contributed by atoms with Crippen LogP contribution < -0.4 is 10.2 Å². The lowest BCUT2D eigenvalue weighted by atomic mass is 10.2. The maximum absolute atomic E-state index is 12.1. The van der Waals surface area contributed by atoms with Crippen LogP contribution in [0, 0.1) is 0 Å². The number of anilines is 1. The predicted octanol–water partition coefficient (Wildman–Crippen LogP) is 2.26. The van der Waals surface area contributed by atoms with Crippen molar-refractivity contribution >= 4 is 11.6 Å². The molecule has 1 amide bonds. The minimum Gasteiger partial charge on any atom is -0.378 e. The third-order valence-corrected chi connectivity index (χ3v) is 3.97. The van der Waals surface area contributed by atoms with Gasteiger partial charge in [-0.1, -0.05) is 0 Å². The quantitative estimate of drug-likeness (QED) is 0.890. The summed E-state index contributed by atoms with van der Waals surface area (Å²) < 4.78 is 2.15. The summed E-state index contributed by atoms with van der Waals surface area (Å²) in [5, 5.41) is 2.97. The molecule has 1 N–H and O–H groups in total. The van der Waals surface area contributed by atoms with Gasteiger partial charge in [0.1, 0.15) is 5.82 Å². The number of amides is 1. The first-order valence-corrected chi connectivity index (χ1v) is 7.72. The molecule has 5 nitrogen and oxygen atoms in total. The van der Waals surface area contributed by atoms with Crippen LogP contribution in [0.3, 0.4) is 0 Å².